The molecule has 1 aliphatic carbocycles. The van der Waals surface area contributed by atoms with E-state index in [1.807, 2.05) is 0 Å². The van der Waals surface area contributed by atoms with Gasteiger partial charge in [-0.25, -0.2) is 0 Å². The molecule has 0 aromatic heterocycles. The van der Waals surface area contributed by atoms with Gasteiger partial charge in [0.15, 0.2) is 0 Å². The predicted molar refractivity (Wildman–Crippen MR) is 73.6 cm³/mol. The van der Waals surface area contributed by atoms with Crippen LogP contribution in [-0.4, -0.2) is 0 Å². The fraction of sp³-hybridized carbons (Fsp3) is 1.00. The van der Waals surface area contributed by atoms with Gasteiger partial charge in [-0.2, -0.15) is 0 Å². The van der Waals surface area contributed by atoms with E-state index in [0.717, 1.165) is 11.8 Å². The lowest BCUT2D eigenvalue weighted by molar-refractivity contribution is 0.0924. The van der Waals surface area contributed by atoms with E-state index < -0.39 is 0 Å². The molecule has 0 saturated heterocycles. The smallest absolute Gasteiger partial charge is 0.0337 e. The van der Waals surface area contributed by atoms with E-state index in [1.54, 1.807) is 0 Å². The lowest BCUT2D eigenvalue weighted by atomic mass is 9.64. The van der Waals surface area contributed by atoms with Gasteiger partial charge in [0, 0.05) is 0 Å². The maximum Gasteiger partial charge on any atom is -0.0337 e. The summed E-state index contributed by atoms with van der Waals surface area (Å²) in [6.45, 7) is 14.4. The number of hydrogen-bond acceptors (Lipinski definition) is 0. The van der Waals surface area contributed by atoms with Crippen molar-refractivity contribution in [1.82, 2.24) is 0 Å². The van der Waals surface area contributed by atoms with Gasteiger partial charge in [0.1, 0.15) is 0 Å². The normalized spacial score (nSPS) is 28.1. The van der Waals surface area contributed by atoms with Gasteiger partial charge in [0.25, 0.3) is 0 Å². The maximum absolute atomic E-state index is 2.44. The minimum Gasteiger partial charge on any atom is -0.0602 e. The minimum atomic E-state index is 0.514. The molecule has 1 rings (SSSR count). The summed E-state index contributed by atoms with van der Waals surface area (Å²) in [5, 5.41) is 0. The Bertz CT molecular complexity index is 201. The zero-order valence-electron chi connectivity index (χ0n) is 12.4. The first-order valence-corrected chi connectivity index (χ1v) is 7.20. The molecule has 0 bridgehead atoms. The van der Waals surface area contributed by atoms with Crippen LogP contribution in [0.3, 0.4) is 0 Å². The molecule has 0 aliphatic heterocycles. The molecule has 0 aromatic rings. The van der Waals surface area contributed by atoms with Crippen molar-refractivity contribution in [1.29, 1.82) is 0 Å². The fourth-order valence-electron chi connectivity index (χ4n) is 3.31. The highest BCUT2D eigenvalue weighted by Crippen LogP contribution is 2.44. The summed E-state index contributed by atoms with van der Waals surface area (Å²) < 4.78 is 0. The maximum atomic E-state index is 2.44. The van der Waals surface area contributed by atoms with Crippen molar-refractivity contribution in [2.45, 2.75) is 80.1 Å². The Hall–Kier alpha value is 0. The van der Waals surface area contributed by atoms with E-state index in [-0.39, 0.29) is 0 Å². The predicted octanol–water partition coefficient (Wildman–Crippen LogP) is 5.67. The summed E-state index contributed by atoms with van der Waals surface area (Å²) in [4.78, 5) is 0. The van der Waals surface area contributed by atoms with Gasteiger partial charge in [-0.15, -0.1) is 0 Å². The molecule has 0 radical (unpaired) electrons. The molecule has 16 heavy (non-hydrogen) atoms. The Labute approximate surface area is 103 Å². The average Bonchev–Trinajstić information content (AvgIpc) is 2.12. The van der Waals surface area contributed by atoms with Crippen molar-refractivity contribution >= 4 is 0 Å². The van der Waals surface area contributed by atoms with Crippen molar-refractivity contribution in [3.63, 3.8) is 0 Å². The Morgan fingerprint density at radius 3 is 1.94 bits per heavy atom. The Kier molecular flexibility index (Phi) is 4.49. The molecule has 0 heterocycles. The number of rotatable bonds is 2. The van der Waals surface area contributed by atoms with Gasteiger partial charge in [-0.1, -0.05) is 60.8 Å². The van der Waals surface area contributed by atoms with Gasteiger partial charge < -0.3 is 0 Å². The number of hydrogen-bond donors (Lipinski definition) is 0. The summed E-state index contributed by atoms with van der Waals surface area (Å²) in [5.74, 6) is 1.96. The first-order valence-electron chi connectivity index (χ1n) is 7.20. The molecular formula is C16H32. The standard InChI is InChI=1S/C16H32/c1-15(2,3)12-11-13-9-7-8-10-14(13)16(4,5)6/h13-14H,7-12H2,1-6H3/t13-,14-/m1/s1. The summed E-state index contributed by atoms with van der Waals surface area (Å²) in [6, 6.07) is 0. The van der Waals surface area contributed by atoms with E-state index in [1.165, 1.54) is 38.5 Å². The largest absolute Gasteiger partial charge is 0.0602 e. The topological polar surface area (TPSA) is 0 Å². The third-order valence-corrected chi connectivity index (χ3v) is 4.29. The SMILES string of the molecule is CC(C)(C)CC[C@H]1CCCC[C@H]1C(C)(C)C. The van der Waals surface area contributed by atoms with Crippen LogP contribution in [0.5, 0.6) is 0 Å². The average molecular weight is 224 g/mol. The van der Waals surface area contributed by atoms with E-state index in [9.17, 15) is 0 Å². The summed E-state index contributed by atoms with van der Waals surface area (Å²) in [5.41, 5.74) is 1.03. The van der Waals surface area contributed by atoms with Gasteiger partial charge in [-0.3, -0.25) is 0 Å². The molecular weight excluding hydrogens is 192 g/mol. The highest BCUT2D eigenvalue weighted by atomic mass is 14.4. The zero-order chi connectivity index (χ0) is 12.4. The summed E-state index contributed by atoms with van der Waals surface area (Å²) in [6.07, 6.45) is 8.74. The molecule has 0 unspecified atom stereocenters. The van der Waals surface area contributed by atoms with Crippen LogP contribution in [0.25, 0.3) is 0 Å². The van der Waals surface area contributed by atoms with Crippen LogP contribution >= 0.6 is 0 Å². The second-order valence-corrected chi connectivity index (χ2v) is 8.12. The van der Waals surface area contributed by atoms with Crippen LogP contribution in [0.2, 0.25) is 0 Å². The second kappa shape index (κ2) is 5.10. The first-order chi connectivity index (χ1) is 7.20. The molecule has 96 valence electrons. The van der Waals surface area contributed by atoms with Crippen LogP contribution in [0, 0.1) is 22.7 Å². The molecule has 0 spiro atoms. The van der Waals surface area contributed by atoms with Crippen molar-refractivity contribution in [2.24, 2.45) is 22.7 Å². The van der Waals surface area contributed by atoms with Gasteiger partial charge in [0.2, 0.25) is 0 Å². The van der Waals surface area contributed by atoms with Gasteiger partial charge in [0.05, 0.1) is 0 Å². The van der Waals surface area contributed by atoms with Gasteiger partial charge >= 0.3 is 0 Å². The minimum absolute atomic E-state index is 0.514. The zero-order valence-corrected chi connectivity index (χ0v) is 12.4. The quantitative estimate of drug-likeness (QED) is 0.567. The Balaban J connectivity index is 2.54. The van der Waals surface area contributed by atoms with E-state index in [0.29, 0.717) is 10.8 Å². The van der Waals surface area contributed by atoms with Crippen LogP contribution in [0.1, 0.15) is 80.1 Å². The highest BCUT2D eigenvalue weighted by Gasteiger charge is 2.34. The first kappa shape index (κ1) is 14.1. The third kappa shape index (κ3) is 4.47. The molecule has 0 N–H and O–H groups in total. The monoisotopic (exact) mass is 224 g/mol. The Morgan fingerprint density at radius 2 is 1.44 bits per heavy atom. The molecule has 0 aromatic carbocycles. The second-order valence-electron chi connectivity index (χ2n) is 8.12. The molecule has 1 saturated carbocycles. The Morgan fingerprint density at radius 1 is 0.875 bits per heavy atom. The van der Waals surface area contributed by atoms with Crippen molar-refractivity contribution in [3.8, 4) is 0 Å². The lowest BCUT2D eigenvalue weighted by Crippen LogP contribution is -2.31. The van der Waals surface area contributed by atoms with Crippen LogP contribution in [0.4, 0.5) is 0 Å². The van der Waals surface area contributed by atoms with E-state index in [4.69, 9.17) is 0 Å². The van der Waals surface area contributed by atoms with E-state index in [2.05, 4.69) is 41.5 Å². The molecule has 0 nitrogen and oxygen atoms in total. The highest BCUT2D eigenvalue weighted by molar-refractivity contribution is 4.84. The third-order valence-electron chi connectivity index (χ3n) is 4.29. The van der Waals surface area contributed by atoms with E-state index >= 15 is 0 Å². The summed E-state index contributed by atoms with van der Waals surface area (Å²) in [7, 11) is 0. The van der Waals surface area contributed by atoms with Crippen LogP contribution < -0.4 is 0 Å². The summed E-state index contributed by atoms with van der Waals surface area (Å²) >= 11 is 0. The molecule has 2 atom stereocenters. The molecule has 1 fully saturated rings. The molecule has 0 heteroatoms. The van der Waals surface area contributed by atoms with Gasteiger partial charge in [-0.05, 0) is 41.9 Å². The van der Waals surface area contributed by atoms with Crippen LogP contribution in [-0.2, 0) is 0 Å². The lowest BCUT2D eigenvalue weighted by Gasteiger charge is -2.41. The van der Waals surface area contributed by atoms with Crippen molar-refractivity contribution in [3.05, 3.63) is 0 Å². The molecule has 0 amide bonds. The van der Waals surface area contributed by atoms with Crippen molar-refractivity contribution in [2.75, 3.05) is 0 Å². The van der Waals surface area contributed by atoms with Crippen molar-refractivity contribution < 1.29 is 0 Å². The molecule has 1 aliphatic rings. The van der Waals surface area contributed by atoms with Crippen LogP contribution in [0.15, 0.2) is 0 Å². The fourth-order valence-corrected chi connectivity index (χ4v) is 3.31.